The number of ether oxygens (including phenoxy) is 4. The van der Waals surface area contributed by atoms with Crippen molar-refractivity contribution in [1.29, 1.82) is 0 Å². The predicted molar refractivity (Wildman–Crippen MR) is 84.2 cm³/mol. The molecule has 0 radical (unpaired) electrons. The Morgan fingerprint density at radius 1 is 1.33 bits per heavy atom. The Balaban J connectivity index is 1.81. The summed E-state index contributed by atoms with van der Waals surface area (Å²) in [6.07, 6.45) is -2.92. The maximum Gasteiger partial charge on any atom is 0.223 e. The number of para-hydroxylation sites is 1. The van der Waals surface area contributed by atoms with Gasteiger partial charge >= 0.3 is 0 Å². The standard InChI is InChI=1S/C17H23NO6/c1-10(19)18-13-14(20)15-12(9-21-17(2,3)24-15)23-16(13)22-11-7-5-4-6-8-11/h4-8,12-16,20H,9H2,1-3H3,(H,18,19)/t12-,13+,14-,15+,16+/m1/s1. The molecule has 0 bridgehead atoms. The molecule has 24 heavy (non-hydrogen) atoms. The molecule has 2 N–H and O–H groups in total. The number of nitrogens with one attached hydrogen (secondary N) is 1. The number of carbonyl (C=O) groups excluding carboxylic acids is 1. The fourth-order valence-corrected chi connectivity index (χ4v) is 2.97. The first-order chi connectivity index (χ1) is 11.4. The fraction of sp³-hybridized carbons (Fsp3) is 0.588. The van der Waals surface area contributed by atoms with Crippen LogP contribution in [0, 0.1) is 0 Å². The van der Waals surface area contributed by atoms with E-state index in [0.717, 1.165) is 0 Å². The Labute approximate surface area is 140 Å². The predicted octanol–water partition coefficient (Wildman–Crippen LogP) is 0.807. The minimum absolute atomic E-state index is 0.274. The molecule has 1 amide bonds. The summed E-state index contributed by atoms with van der Waals surface area (Å²) >= 11 is 0. The second kappa shape index (κ2) is 6.68. The average molecular weight is 337 g/mol. The van der Waals surface area contributed by atoms with Gasteiger partial charge in [-0.3, -0.25) is 4.79 Å². The summed E-state index contributed by atoms with van der Waals surface area (Å²) in [4.78, 5) is 11.5. The quantitative estimate of drug-likeness (QED) is 0.849. The van der Waals surface area contributed by atoms with E-state index in [-0.39, 0.29) is 12.5 Å². The number of hydrogen-bond donors (Lipinski definition) is 2. The van der Waals surface area contributed by atoms with Crippen molar-refractivity contribution in [3.63, 3.8) is 0 Å². The maximum atomic E-state index is 11.5. The molecule has 132 valence electrons. The van der Waals surface area contributed by atoms with E-state index in [1.54, 1.807) is 26.0 Å². The molecule has 2 fully saturated rings. The van der Waals surface area contributed by atoms with Gasteiger partial charge in [-0.1, -0.05) is 18.2 Å². The van der Waals surface area contributed by atoms with E-state index in [0.29, 0.717) is 5.75 Å². The van der Waals surface area contributed by atoms with Crippen LogP contribution >= 0.6 is 0 Å². The van der Waals surface area contributed by atoms with E-state index < -0.39 is 36.4 Å². The summed E-state index contributed by atoms with van der Waals surface area (Å²) in [5.41, 5.74) is 0. The van der Waals surface area contributed by atoms with Crippen LogP contribution in [0.15, 0.2) is 30.3 Å². The van der Waals surface area contributed by atoms with Gasteiger partial charge in [0.05, 0.1) is 6.61 Å². The topological polar surface area (TPSA) is 86.3 Å². The first kappa shape index (κ1) is 17.2. The highest BCUT2D eigenvalue weighted by molar-refractivity contribution is 5.73. The zero-order valence-electron chi connectivity index (χ0n) is 14.0. The molecule has 0 aromatic heterocycles. The Morgan fingerprint density at radius 2 is 2.04 bits per heavy atom. The summed E-state index contributed by atoms with van der Waals surface area (Å²) < 4.78 is 23.1. The van der Waals surface area contributed by atoms with Crippen LogP contribution < -0.4 is 10.1 Å². The van der Waals surface area contributed by atoms with Gasteiger partial charge in [-0.05, 0) is 26.0 Å². The van der Waals surface area contributed by atoms with E-state index in [9.17, 15) is 9.90 Å². The number of fused-ring (bicyclic) bond motifs is 1. The lowest BCUT2D eigenvalue weighted by Crippen LogP contribution is -2.69. The van der Waals surface area contributed by atoms with Crippen LogP contribution in [0.3, 0.4) is 0 Å². The van der Waals surface area contributed by atoms with Crippen molar-refractivity contribution in [2.75, 3.05) is 6.61 Å². The number of hydrogen-bond acceptors (Lipinski definition) is 6. The summed E-state index contributed by atoms with van der Waals surface area (Å²) in [6.45, 7) is 5.20. The average Bonchev–Trinajstić information content (AvgIpc) is 2.52. The molecule has 2 aliphatic heterocycles. The number of aliphatic hydroxyl groups is 1. The molecule has 2 aliphatic rings. The summed E-state index contributed by atoms with van der Waals surface area (Å²) in [6, 6.07) is 8.35. The first-order valence-electron chi connectivity index (χ1n) is 8.00. The number of amides is 1. The van der Waals surface area contributed by atoms with Crippen molar-refractivity contribution in [2.45, 2.75) is 57.2 Å². The Kier molecular flexibility index (Phi) is 4.78. The van der Waals surface area contributed by atoms with E-state index in [1.807, 2.05) is 18.2 Å². The van der Waals surface area contributed by atoms with Crippen molar-refractivity contribution in [2.24, 2.45) is 0 Å². The number of rotatable bonds is 3. The van der Waals surface area contributed by atoms with Gasteiger partial charge in [0.25, 0.3) is 0 Å². The molecule has 0 saturated carbocycles. The van der Waals surface area contributed by atoms with Gasteiger partial charge in [0.2, 0.25) is 12.2 Å². The van der Waals surface area contributed by atoms with E-state index in [1.165, 1.54) is 6.92 Å². The summed E-state index contributed by atoms with van der Waals surface area (Å²) in [5, 5.41) is 13.4. The third-order valence-corrected chi connectivity index (χ3v) is 4.05. The molecule has 1 aromatic carbocycles. The molecule has 7 nitrogen and oxygen atoms in total. The molecule has 2 saturated heterocycles. The minimum atomic E-state index is -0.982. The van der Waals surface area contributed by atoms with Crippen LogP contribution in [-0.2, 0) is 19.0 Å². The molecule has 0 unspecified atom stereocenters. The van der Waals surface area contributed by atoms with Crippen LogP contribution in [-0.4, -0.2) is 54.1 Å². The molecule has 2 heterocycles. The van der Waals surface area contributed by atoms with Gasteiger partial charge in [-0.25, -0.2) is 0 Å². The van der Waals surface area contributed by atoms with Crippen LogP contribution in [0.2, 0.25) is 0 Å². The monoisotopic (exact) mass is 337 g/mol. The minimum Gasteiger partial charge on any atom is -0.463 e. The zero-order valence-corrected chi connectivity index (χ0v) is 14.0. The third kappa shape index (κ3) is 3.70. The van der Waals surface area contributed by atoms with Gasteiger partial charge in [-0.15, -0.1) is 0 Å². The highest BCUT2D eigenvalue weighted by atomic mass is 16.8. The largest absolute Gasteiger partial charge is 0.463 e. The summed E-state index contributed by atoms with van der Waals surface area (Å²) in [5.74, 6) is -0.519. The van der Waals surface area contributed by atoms with Gasteiger partial charge < -0.3 is 29.4 Å². The van der Waals surface area contributed by atoms with Crippen LogP contribution in [0.25, 0.3) is 0 Å². The SMILES string of the molecule is CC(=O)N[C@@H]1[C@@H](Oc2ccccc2)O[C@@H]2COC(C)(C)O[C@@H]2[C@@H]1O. The molecular formula is C17H23NO6. The van der Waals surface area contributed by atoms with Crippen LogP contribution in [0.1, 0.15) is 20.8 Å². The lowest BCUT2D eigenvalue weighted by molar-refractivity contribution is -0.361. The van der Waals surface area contributed by atoms with Gasteiger partial charge in [0, 0.05) is 6.92 Å². The smallest absolute Gasteiger partial charge is 0.223 e. The van der Waals surface area contributed by atoms with Crippen LogP contribution in [0.5, 0.6) is 5.75 Å². The molecule has 1 aromatic rings. The van der Waals surface area contributed by atoms with Gasteiger partial charge in [0.15, 0.2) is 5.79 Å². The Morgan fingerprint density at radius 3 is 2.71 bits per heavy atom. The zero-order chi connectivity index (χ0) is 17.3. The molecule has 0 spiro atoms. The van der Waals surface area contributed by atoms with E-state index in [4.69, 9.17) is 18.9 Å². The molecule has 3 rings (SSSR count). The molecule has 0 aliphatic carbocycles. The highest BCUT2D eigenvalue weighted by Gasteiger charge is 2.52. The van der Waals surface area contributed by atoms with E-state index >= 15 is 0 Å². The fourth-order valence-electron chi connectivity index (χ4n) is 2.97. The summed E-state index contributed by atoms with van der Waals surface area (Å²) in [7, 11) is 0. The second-order valence-corrected chi connectivity index (χ2v) is 6.48. The second-order valence-electron chi connectivity index (χ2n) is 6.48. The number of benzene rings is 1. The van der Waals surface area contributed by atoms with Crippen molar-refractivity contribution in [3.05, 3.63) is 30.3 Å². The van der Waals surface area contributed by atoms with Gasteiger partial charge in [-0.2, -0.15) is 0 Å². The lowest BCUT2D eigenvalue weighted by atomic mass is 9.95. The van der Waals surface area contributed by atoms with Crippen molar-refractivity contribution < 1.29 is 28.8 Å². The van der Waals surface area contributed by atoms with E-state index in [2.05, 4.69) is 5.32 Å². The third-order valence-electron chi connectivity index (χ3n) is 4.05. The lowest BCUT2D eigenvalue weighted by Gasteiger charge is -2.49. The number of carbonyl (C=O) groups is 1. The highest BCUT2D eigenvalue weighted by Crippen LogP contribution is 2.33. The van der Waals surface area contributed by atoms with Crippen molar-refractivity contribution in [1.82, 2.24) is 5.32 Å². The molecule has 7 heteroatoms. The van der Waals surface area contributed by atoms with Gasteiger partial charge in [0.1, 0.15) is 30.1 Å². The number of aliphatic hydroxyl groups excluding tert-OH is 1. The molecule has 5 atom stereocenters. The first-order valence-corrected chi connectivity index (χ1v) is 8.00. The normalized spacial score (nSPS) is 34.9. The Hall–Kier alpha value is -1.67. The van der Waals surface area contributed by atoms with Crippen LogP contribution in [0.4, 0.5) is 0 Å². The Bertz CT molecular complexity index is 578. The molecular weight excluding hydrogens is 314 g/mol. The maximum absolute atomic E-state index is 11.5. The van der Waals surface area contributed by atoms with Crippen molar-refractivity contribution >= 4 is 5.91 Å². The van der Waals surface area contributed by atoms with Crippen molar-refractivity contribution in [3.8, 4) is 5.75 Å².